The molecule has 0 saturated heterocycles. The van der Waals surface area contributed by atoms with Crippen molar-refractivity contribution in [1.82, 2.24) is 19.9 Å². The fourth-order valence-corrected chi connectivity index (χ4v) is 3.21. The molecule has 0 saturated carbocycles. The van der Waals surface area contributed by atoms with E-state index in [1.165, 1.54) is 22.7 Å². The van der Waals surface area contributed by atoms with E-state index in [0.717, 1.165) is 10.5 Å². The Bertz CT molecular complexity index is 928. The van der Waals surface area contributed by atoms with Gasteiger partial charge in [0.05, 0.1) is 11.1 Å². The quantitative estimate of drug-likeness (QED) is 0.604. The molecule has 1 amide bonds. The van der Waals surface area contributed by atoms with Gasteiger partial charge in [-0.1, -0.05) is 6.07 Å². The molecule has 1 aromatic carbocycles. The van der Waals surface area contributed by atoms with Crippen LogP contribution in [0.25, 0.3) is 21.9 Å². The van der Waals surface area contributed by atoms with Crippen molar-refractivity contribution in [3.63, 3.8) is 0 Å². The van der Waals surface area contributed by atoms with Crippen LogP contribution in [0.2, 0.25) is 0 Å². The van der Waals surface area contributed by atoms with Crippen LogP contribution in [-0.4, -0.2) is 25.8 Å². The first-order valence-corrected chi connectivity index (χ1v) is 8.16. The van der Waals surface area contributed by atoms with Gasteiger partial charge in [0.15, 0.2) is 16.0 Å². The van der Waals surface area contributed by atoms with Crippen molar-refractivity contribution in [2.24, 2.45) is 0 Å². The maximum Gasteiger partial charge on any atom is 0.259 e. The molecule has 4 rings (SSSR count). The fourth-order valence-electron chi connectivity index (χ4n) is 2.11. The normalized spacial score (nSPS) is 10.9. The summed E-state index contributed by atoms with van der Waals surface area (Å²) in [6, 6.07) is 5.46. The third-order valence-corrected chi connectivity index (χ3v) is 4.51. The Labute approximate surface area is 132 Å². The summed E-state index contributed by atoms with van der Waals surface area (Å²) >= 11 is 2.87. The van der Waals surface area contributed by atoms with Crippen molar-refractivity contribution >= 4 is 44.7 Å². The highest BCUT2D eigenvalue weighted by Crippen LogP contribution is 2.25. The highest BCUT2D eigenvalue weighted by Gasteiger charge is 2.16. The first-order valence-electron chi connectivity index (χ1n) is 6.41. The number of imidazole rings is 1. The predicted molar refractivity (Wildman–Crippen MR) is 87.3 cm³/mol. The smallest absolute Gasteiger partial charge is 0.259 e. The molecule has 108 valence electrons. The number of aromatic amines is 1. The summed E-state index contributed by atoms with van der Waals surface area (Å²) in [6.45, 7) is 0. The minimum absolute atomic E-state index is 0.224. The lowest BCUT2D eigenvalue weighted by molar-refractivity contribution is 0.102. The molecule has 0 bridgehead atoms. The maximum absolute atomic E-state index is 12.4. The number of nitrogens with zero attached hydrogens (tertiary/aromatic N) is 3. The number of hydrogen-bond donors (Lipinski definition) is 2. The molecule has 6 nitrogen and oxygen atoms in total. The Kier molecular flexibility index (Phi) is 3.17. The number of benzene rings is 1. The van der Waals surface area contributed by atoms with Gasteiger partial charge in [-0.25, -0.2) is 15.0 Å². The Balaban J connectivity index is 1.76. The zero-order valence-electron chi connectivity index (χ0n) is 11.1. The van der Waals surface area contributed by atoms with Crippen molar-refractivity contribution in [2.45, 2.75) is 0 Å². The van der Waals surface area contributed by atoms with E-state index < -0.39 is 0 Å². The van der Waals surface area contributed by atoms with Crippen molar-refractivity contribution in [2.75, 3.05) is 5.32 Å². The second-order valence-corrected chi connectivity index (χ2v) is 6.20. The van der Waals surface area contributed by atoms with Gasteiger partial charge in [-0.2, -0.15) is 0 Å². The lowest BCUT2D eigenvalue weighted by Crippen LogP contribution is -2.12. The van der Waals surface area contributed by atoms with Crippen LogP contribution in [0, 0.1) is 0 Å². The number of hydrogen-bond acceptors (Lipinski definition) is 6. The molecule has 4 aromatic rings. The van der Waals surface area contributed by atoms with Gasteiger partial charge in [0.1, 0.15) is 5.52 Å². The van der Waals surface area contributed by atoms with Gasteiger partial charge in [-0.15, -0.1) is 22.7 Å². The van der Waals surface area contributed by atoms with Crippen LogP contribution in [0.5, 0.6) is 0 Å². The first kappa shape index (κ1) is 13.1. The van der Waals surface area contributed by atoms with E-state index in [-0.39, 0.29) is 5.91 Å². The third kappa shape index (κ3) is 2.28. The van der Waals surface area contributed by atoms with Crippen molar-refractivity contribution in [3.8, 4) is 10.8 Å². The largest absolute Gasteiger partial charge is 0.336 e. The number of anilines is 1. The minimum atomic E-state index is -0.224. The molecule has 0 aliphatic heterocycles. The topological polar surface area (TPSA) is 83.6 Å². The first-order chi connectivity index (χ1) is 10.8. The number of nitrogens with one attached hydrogen (secondary N) is 2. The van der Waals surface area contributed by atoms with Gasteiger partial charge in [0.25, 0.3) is 5.91 Å². The molecule has 0 fully saturated rings. The van der Waals surface area contributed by atoms with Crippen molar-refractivity contribution in [3.05, 3.63) is 46.9 Å². The Morgan fingerprint density at radius 1 is 1.14 bits per heavy atom. The fraction of sp³-hybridized carbons (Fsp3) is 0. The summed E-state index contributed by atoms with van der Waals surface area (Å²) in [4.78, 5) is 28.4. The number of aromatic nitrogens is 4. The molecule has 8 heteroatoms. The maximum atomic E-state index is 12.4. The van der Waals surface area contributed by atoms with E-state index in [0.29, 0.717) is 22.0 Å². The number of fused-ring (bicyclic) bond motifs is 1. The van der Waals surface area contributed by atoms with Gasteiger partial charge in [0, 0.05) is 23.2 Å². The summed E-state index contributed by atoms with van der Waals surface area (Å²) in [5, 5.41) is 7.84. The number of carbonyl (C=O) groups is 1. The highest BCUT2D eigenvalue weighted by atomic mass is 32.1. The van der Waals surface area contributed by atoms with E-state index in [2.05, 4.69) is 25.3 Å². The molecule has 3 aromatic heterocycles. The SMILES string of the molecule is O=C(Nc1nccs1)c1cccc2[nH]c(-c3nccs3)nc12. The molecule has 3 heterocycles. The zero-order valence-corrected chi connectivity index (χ0v) is 12.7. The monoisotopic (exact) mass is 327 g/mol. The zero-order chi connectivity index (χ0) is 14.9. The minimum Gasteiger partial charge on any atom is -0.336 e. The molecule has 0 spiro atoms. The van der Waals surface area contributed by atoms with Crippen LogP contribution in [0.4, 0.5) is 5.13 Å². The van der Waals surface area contributed by atoms with Crippen LogP contribution in [0.3, 0.4) is 0 Å². The van der Waals surface area contributed by atoms with Crippen LogP contribution in [-0.2, 0) is 0 Å². The molecule has 0 atom stereocenters. The molecular formula is C14H9N5OS2. The van der Waals surface area contributed by atoms with Gasteiger partial charge in [-0.3, -0.25) is 10.1 Å². The average molecular weight is 327 g/mol. The van der Waals surface area contributed by atoms with Crippen LogP contribution in [0.15, 0.2) is 41.4 Å². The lowest BCUT2D eigenvalue weighted by Gasteiger charge is -2.02. The van der Waals surface area contributed by atoms with Crippen molar-refractivity contribution in [1.29, 1.82) is 0 Å². The van der Waals surface area contributed by atoms with E-state index in [1.807, 2.05) is 22.9 Å². The number of thiazole rings is 2. The van der Waals surface area contributed by atoms with Gasteiger partial charge in [-0.05, 0) is 12.1 Å². The summed E-state index contributed by atoms with van der Waals surface area (Å²) in [6.07, 6.45) is 3.37. The second kappa shape index (κ2) is 5.32. The van der Waals surface area contributed by atoms with Crippen molar-refractivity contribution < 1.29 is 4.79 Å². The molecule has 2 N–H and O–H groups in total. The lowest BCUT2D eigenvalue weighted by atomic mass is 10.2. The summed E-state index contributed by atoms with van der Waals surface area (Å²) < 4.78 is 0. The molecule has 22 heavy (non-hydrogen) atoms. The highest BCUT2D eigenvalue weighted by molar-refractivity contribution is 7.13. The Morgan fingerprint density at radius 2 is 2.00 bits per heavy atom. The number of H-pyrrole nitrogens is 1. The number of para-hydroxylation sites is 1. The molecule has 0 radical (unpaired) electrons. The predicted octanol–water partition coefficient (Wildman–Crippen LogP) is 3.40. The third-order valence-electron chi connectivity index (χ3n) is 3.05. The van der Waals surface area contributed by atoms with E-state index in [4.69, 9.17) is 0 Å². The number of carbonyl (C=O) groups excluding carboxylic acids is 1. The Hall–Kier alpha value is -2.58. The van der Waals surface area contributed by atoms with E-state index in [9.17, 15) is 4.79 Å². The van der Waals surface area contributed by atoms with Crippen LogP contribution in [0.1, 0.15) is 10.4 Å². The molecule has 0 unspecified atom stereocenters. The Morgan fingerprint density at radius 3 is 2.77 bits per heavy atom. The van der Waals surface area contributed by atoms with Crippen LogP contribution >= 0.6 is 22.7 Å². The number of amides is 1. The van der Waals surface area contributed by atoms with Gasteiger partial charge < -0.3 is 4.98 Å². The van der Waals surface area contributed by atoms with E-state index in [1.54, 1.807) is 18.5 Å². The summed E-state index contributed by atoms with van der Waals surface area (Å²) in [7, 11) is 0. The molecule has 0 aliphatic carbocycles. The summed E-state index contributed by atoms with van der Waals surface area (Å²) in [5.74, 6) is 0.442. The van der Waals surface area contributed by atoms with Crippen LogP contribution < -0.4 is 5.32 Å². The molecule has 0 aliphatic rings. The second-order valence-electron chi connectivity index (χ2n) is 4.42. The number of rotatable bonds is 3. The standard InChI is InChI=1S/C14H9N5OS2/c20-12(19-14-16-5-7-22-14)8-2-1-3-9-10(8)18-11(17-9)13-15-4-6-21-13/h1-7H,(H,17,18)(H,16,19,20). The van der Waals surface area contributed by atoms with Gasteiger partial charge >= 0.3 is 0 Å². The molecular weight excluding hydrogens is 318 g/mol. The van der Waals surface area contributed by atoms with E-state index >= 15 is 0 Å². The average Bonchev–Trinajstić information content (AvgIpc) is 3.26. The van der Waals surface area contributed by atoms with Gasteiger partial charge in [0.2, 0.25) is 0 Å². The summed E-state index contributed by atoms with van der Waals surface area (Å²) in [5.41, 5.74) is 1.94.